The lowest BCUT2D eigenvalue weighted by Gasteiger charge is -2.31. The van der Waals surface area contributed by atoms with Crippen LogP contribution in [0.2, 0.25) is 0 Å². The van der Waals surface area contributed by atoms with E-state index in [-0.39, 0.29) is 18.6 Å². The smallest absolute Gasteiger partial charge is 0.246 e. The third-order valence-corrected chi connectivity index (χ3v) is 2.74. The van der Waals surface area contributed by atoms with Crippen molar-refractivity contribution in [2.75, 3.05) is 26.3 Å². The number of piperidine rings is 1. The number of ether oxygens (including phenoxy) is 1. The Balaban J connectivity index is 2.28. The maximum atomic E-state index is 11.7. The van der Waals surface area contributed by atoms with Gasteiger partial charge in [-0.25, -0.2) is 0 Å². The van der Waals surface area contributed by atoms with Crippen molar-refractivity contribution in [1.29, 1.82) is 0 Å². The maximum absolute atomic E-state index is 11.7. The molecule has 1 rings (SSSR count). The van der Waals surface area contributed by atoms with Crippen molar-refractivity contribution in [3.63, 3.8) is 0 Å². The minimum Gasteiger partial charge on any atom is -0.394 e. The number of allylic oxidation sites excluding steroid dienone is 3. The van der Waals surface area contributed by atoms with Crippen LogP contribution in [0.5, 0.6) is 0 Å². The van der Waals surface area contributed by atoms with E-state index < -0.39 is 0 Å². The predicted molar refractivity (Wildman–Crippen MR) is 66.6 cm³/mol. The van der Waals surface area contributed by atoms with Gasteiger partial charge in [-0.3, -0.25) is 4.79 Å². The van der Waals surface area contributed by atoms with E-state index in [2.05, 4.69) is 0 Å². The first-order chi connectivity index (χ1) is 8.27. The van der Waals surface area contributed by atoms with Crippen molar-refractivity contribution >= 4 is 5.91 Å². The highest BCUT2D eigenvalue weighted by atomic mass is 16.5. The second-order valence-electron chi connectivity index (χ2n) is 4.00. The molecule has 1 fully saturated rings. The van der Waals surface area contributed by atoms with Gasteiger partial charge in [0.25, 0.3) is 0 Å². The Labute approximate surface area is 103 Å². The number of aliphatic hydroxyl groups is 1. The maximum Gasteiger partial charge on any atom is 0.246 e. The van der Waals surface area contributed by atoms with E-state index in [0.29, 0.717) is 6.61 Å². The second kappa shape index (κ2) is 8.03. The van der Waals surface area contributed by atoms with Gasteiger partial charge in [0.1, 0.15) is 0 Å². The number of hydrogen-bond donors (Lipinski definition) is 1. The van der Waals surface area contributed by atoms with E-state index in [0.717, 1.165) is 25.9 Å². The van der Waals surface area contributed by atoms with Crippen LogP contribution in [0.15, 0.2) is 24.3 Å². The van der Waals surface area contributed by atoms with Crippen LogP contribution >= 0.6 is 0 Å². The minimum atomic E-state index is 0.0590. The zero-order chi connectivity index (χ0) is 12.5. The number of rotatable bonds is 5. The van der Waals surface area contributed by atoms with Crippen molar-refractivity contribution < 1.29 is 14.6 Å². The quantitative estimate of drug-likeness (QED) is 0.578. The number of hydrogen-bond acceptors (Lipinski definition) is 3. The molecule has 96 valence electrons. The Bertz CT molecular complexity index is 278. The number of carbonyl (C=O) groups is 1. The van der Waals surface area contributed by atoms with Gasteiger partial charge in [0.15, 0.2) is 0 Å². The number of carbonyl (C=O) groups excluding carboxylic acids is 1. The summed E-state index contributed by atoms with van der Waals surface area (Å²) in [6, 6.07) is 0. The third kappa shape index (κ3) is 5.15. The van der Waals surface area contributed by atoms with Gasteiger partial charge >= 0.3 is 0 Å². The van der Waals surface area contributed by atoms with E-state index in [1.807, 2.05) is 24.0 Å². The number of likely N-dealkylation sites (tertiary alicyclic amines) is 1. The van der Waals surface area contributed by atoms with Gasteiger partial charge in [-0.05, 0) is 19.8 Å². The summed E-state index contributed by atoms with van der Waals surface area (Å²) in [5.74, 6) is 0.0590. The summed E-state index contributed by atoms with van der Waals surface area (Å²) in [6.07, 6.45) is 8.97. The molecule has 1 amide bonds. The molecule has 0 unspecified atom stereocenters. The molecule has 0 atom stereocenters. The first-order valence-corrected chi connectivity index (χ1v) is 6.08. The fourth-order valence-corrected chi connectivity index (χ4v) is 1.82. The fourth-order valence-electron chi connectivity index (χ4n) is 1.82. The lowest BCUT2D eigenvalue weighted by Crippen LogP contribution is -2.40. The molecule has 1 heterocycles. The molecular formula is C13H21NO3. The van der Waals surface area contributed by atoms with Gasteiger partial charge in [0.05, 0.1) is 19.3 Å². The van der Waals surface area contributed by atoms with Gasteiger partial charge in [-0.1, -0.05) is 18.2 Å². The van der Waals surface area contributed by atoms with Crippen LogP contribution in [0, 0.1) is 0 Å². The monoisotopic (exact) mass is 239 g/mol. The molecule has 4 heteroatoms. The summed E-state index contributed by atoms with van der Waals surface area (Å²) in [5, 5.41) is 8.65. The lowest BCUT2D eigenvalue weighted by molar-refractivity contribution is -0.128. The van der Waals surface area contributed by atoms with E-state index in [1.54, 1.807) is 12.2 Å². The average Bonchev–Trinajstić information content (AvgIpc) is 2.37. The van der Waals surface area contributed by atoms with E-state index >= 15 is 0 Å². The Morgan fingerprint density at radius 1 is 1.41 bits per heavy atom. The van der Waals surface area contributed by atoms with Crippen molar-refractivity contribution in [3.8, 4) is 0 Å². The Morgan fingerprint density at radius 2 is 2.12 bits per heavy atom. The summed E-state index contributed by atoms with van der Waals surface area (Å²) in [4.78, 5) is 13.6. The van der Waals surface area contributed by atoms with Gasteiger partial charge in [-0.2, -0.15) is 0 Å². The van der Waals surface area contributed by atoms with Crippen LogP contribution in [0.25, 0.3) is 0 Å². The molecule has 1 saturated heterocycles. The molecule has 0 bridgehead atoms. The molecule has 1 N–H and O–H groups in total. The van der Waals surface area contributed by atoms with Gasteiger partial charge in [0, 0.05) is 19.2 Å². The number of aliphatic hydroxyl groups excluding tert-OH is 1. The number of nitrogens with zero attached hydrogens (tertiary/aromatic N) is 1. The molecule has 0 saturated carbocycles. The average molecular weight is 239 g/mol. The lowest BCUT2D eigenvalue weighted by atomic mass is 10.1. The topological polar surface area (TPSA) is 49.8 Å². The van der Waals surface area contributed by atoms with Crippen molar-refractivity contribution in [3.05, 3.63) is 24.3 Å². The van der Waals surface area contributed by atoms with Gasteiger partial charge in [-0.15, -0.1) is 0 Å². The van der Waals surface area contributed by atoms with Crippen molar-refractivity contribution in [2.24, 2.45) is 0 Å². The predicted octanol–water partition coefficient (Wildman–Crippen LogP) is 1.12. The zero-order valence-corrected chi connectivity index (χ0v) is 10.3. The van der Waals surface area contributed by atoms with Crippen LogP contribution in [-0.2, 0) is 9.53 Å². The zero-order valence-electron chi connectivity index (χ0n) is 10.3. The molecular weight excluding hydrogens is 218 g/mol. The van der Waals surface area contributed by atoms with Crippen LogP contribution in [0.3, 0.4) is 0 Å². The summed E-state index contributed by atoms with van der Waals surface area (Å²) in [6.45, 7) is 3.83. The third-order valence-electron chi connectivity index (χ3n) is 2.74. The number of amides is 1. The highest BCUT2D eigenvalue weighted by molar-refractivity contribution is 5.87. The Hall–Kier alpha value is -1.13. The van der Waals surface area contributed by atoms with E-state index in [9.17, 15) is 4.79 Å². The van der Waals surface area contributed by atoms with E-state index in [4.69, 9.17) is 9.84 Å². The molecule has 1 aliphatic rings. The molecule has 0 aromatic rings. The molecule has 0 aromatic carbocycles. The molecule has 17 heavy (non-hydrogen) atoms. The molecule has 0 aliphatic carbocycles. The summed E-state index contributed by atoms with van der Waals surface area (Å²) >= 11 is 0. The second-order valence-corrected chi connectivity index (χ2v) is 4.00. The van der Waals surface area contributed by atoms with Gasteiger partial charge < -0.3 is 14.7 Å². The normalized spacial score (nSPS) is 18.4. The highest BCUT2D eigenvalue weighted by Crippen LogP contribution is 2.13. The van der Waals surface area contributed by atoms with Crippen molar-refractivity contribution in [2.45, 2.75) is 25.9 Å². The molecule has 0 aromatic heterocycles. The minimum absolute atomic E-state index is 0.0590. The Morgan fingerprint density at radius 3 is 2.71 bits per heavy atom. The summed E-state index contributed by atoms with van der Waals surface area (Å²) in [7, 11) is 0. The Kier molecular flexibility index (Phi) is 6.58. The van der Waals surface area contributed by atoms with Crippen LogP contribution in [0.1, 0.15) is 19.8 Å². The largest absolute Gasteiger partial charge is 0.394 e. The highest BCUT2D eigenvalue weighted by Gasteiger charge is 2.21. The molecule has 4 nitrogen and oxygen atoms in total. The fraction of sp³-hybridized carbons (Fsp3) is 0.615. The van der Waals surface area contributed by atoms with Crippen LogP contribution in [0.4, 0.5) is 0 Å². The summed E-state index contributed by atoms with van der Waals surface area (Å²) in [5.41, 5.74) is 0. The first-order valence-electron chi connectivity index (χ1n) is 6.08. The van der Waals surface area contributed by atoms with E-state index in [1.165, 1.54) is 0 Å². The van der Waals surface area contributed by atoms with Crippen molar-refractivity contribution in [1.82, 2.24) is 4.90 Å². The van der Waals surface area contributed by atoms with Gasteiger partial charge in [0.2, 0.25) is 5.91 Å². The van der Waals surface area contributed by atoms with Crippen LogP contribution in [-0.4, -0.2) is 48.3 Å². The van der Waals surface area contributed by atoms with Crippen LogP contribution < -0.4 is 0 Å². The first kappa shape index (κ1) is 13.9. The summed E-state index contributed by atoms with van der Waals surface area (Å²) < 4.78 is 5.44. The molecule has 0 spiro atoms. The molecule has 0 radical (unpaired) electrons. The standard InChI is InChI=1S/C13H21NO3/c1-2-3-4-5-13(16)14-8-6-12(7-9-14)17-11-10-15/h2-5,12,15H,6-11H2,1H3/b3-2+,5-4?. The SMILES string of the molecule is C/C=C/C=CC(=O)N1CCC(OCCO)CC1. The molecule has 1 aliphatic heterocycles.